The molecule has 0 aliphatic rings. The molecule has 0 saturated carbocycles. The molecule has 0 saturated heterocycles. The number of amides is 2. The molecule has 0 radical (unpaired) electrons. The van der Waals surface area contributed by atoms with Gasteiger partial charge in [0, 0.05) is 28.0 Å². The molecule has 0 fully saturated rings. The Balaban J connectivity index is 2.05. The molecular formula is C29H33Br2N3O4S. The Bertz CT molecular complexity index is 1370. The standard InChI is InChI=1S/C29H33Br2N3O4S/c1-4-21(2)32-29(36)27(18-22-9-6-5-7-10-22)33(19-23-11-8-12-25(31)17-23)28(35)20-34(39(3,37)38)26-15-13-24(30)14-16-26/h5-17,21,27H,4,18-20H2,1-3H3,(H,32,36)/t21-,27-/m0/s1. The number of rotatable bonds is 12. The van der Waals surface area contributed by atoms with Gasteiger partial charge in [-0.25, -0.2) is 8.42 Å². The molecule has 2 atom stereocenters. The van der Waals surface area contributed by atoms with E-state index >= 15 is 0 Å². The average molecular weight is 679 g/mol. The molecule has 3 rings (SSSR count). The number of nitrogens with zero attached hydrogens (tertiary/aromatic N) is 2. The van der Waals surface area contributed by atoms with Crippen LogP contribution in [0.3, 0.4) is 0 Å². The Morgan fingerprint density at radius 1 is 0.897 bits per heavy atom. The van der Waals surface area contributed by atoms with Gasteiger partial charge in [-0.15, -0.1) is 0 Å². The van der Waals surface area contributed by atoms with Gasteiger partial charge in [-0.05, 0) is 60.9 Å². The number of anilines is 1. The molecule has 1 N–H and O–H groups in total. The highest BCUT2D eigenvalue weighted by molar-refractivity contribution is 9.10. The van der Waals surface area contributed by atoms with Crippen LogP contribution in [0.4, 0.5) is 5.69 Å². The third-order valence-electron chi connectivity index (χ3n) is 6.31. The summed E-state index contributed by atoms with van der Waals surface area (Å²) in [5, 5.41) is 3.02. The van der Waals surface area contributed by atoms with Crippen LogP contribution in [0.1, 0.15) is 31.4 Å². The second-order valence-corrected chi connectivity index (χ2v) is 13.2. The van der Waals surface area contributed by atoms with Crippen LogP contribution in [0.5, 0.6) is 0 Å². The molecule has 2 amide bonds. The summed E-state index contributed by atoms with van der Waals surface area (Å²) in [5.41, 5.74) is 2.06. The molecular weight excluding hydrogens is 646 g/mol. The zero-order valence-electron chi connectivity index (χ0n) is 22.2. The molecule has 3 aromatic rings. The minimum atomic E-state index is -3.80. The molecule has 0 aromatic heterocycles. The van der Waals surface area contributed by atoms with E-state index in [-0.39, 0.29) is 24.9 Å². The molecule has 3 aromatic carbocycles. The summed E-state index contributed by atoms with van der Waals surface area (Å²) in [6.45, 7) is 3.57. The number of carbonyl (C=O) groups is 2. The molecule has 0 aliphatic carbocycles. The van der Waals surface area contributed by atoms with Crippen LogP contribution in [0.2, 0.25) is 0 Å². The van der Waals surface area contributed by atoms with Gasteiger partial charge in [0.25, 0.3) is 0 Å². The number of benzene rings is 3. The molecule has 39 heavy (non-hydrogen) atoms. The fraction of sp³-hybridized carbons (Fsp3) is 0.310. The molecule has 7 nitrogen and oxygen atoms in total. The lowest BCUT2D eigenvalue weighted by Crippen LogP contribution is -2.54. The Hall–Kier alpha value is -2.69. The first-order valence-electron chi connectivity index (χ1n) is 12.6. The van der Waals surface area contributed by atoms with Crippen LogP contribution in [0.15, 0.2) is 87.8 Å². The van der Waals surface area contributed by atoms with Gasteiger partial charge in [-0.1, -0.05) is 81.2 Å². The highest BCUT2D eigenvalue weighted by atomic mass is 79.9. The van der Waals surface area contributed by atoms with Gasteiger partial charge >= 0.3 is 0 Å². The summed E-state index contributed by atoms with van der Waals surface area (Å²) in [6, 6.07) is 22.7. The predicted molar refractivity (Wildman–Crippen MR) is 163 cm³/mol. The van der Waals surface area contributed by atoms with Gasteiger partial charge in [0.15, 0.2) is 0 Å². The van der Waals surface area contributed by atoms with Crippen molar-refractivity contribution in [3.05, 3.63) is 98.9 Å². The third-order valence-corrected chi connectivity index (χ3v) is 8.47. The second-order valence-electron chi connectivity index (χ2n) is 9.42. The SMILES string of the molecule is CC[C@H](C)NC(=O)[C@H](Cc1ccccc1)N(Cc1cccc(Br)c1)C(=O)CN(c1ccc(Br)cc1)S(C)(=O)=O. The van der Waals surface area contributed by atoms with Crippen molar-refractivity contribution < 1.29 is 18.0 Å². The largest absolute Gasteiger partial charge is 0.352 e. The van der Waals surface area contributed by atoms with Crippen molar-refractivity contribution in [1.82, 2.24) is 10.2 Å². The van der Waals surface area contributed by atoms with E-state index in [4.69, 9.17) is 0 Å². The van der Waals surface area contributed by atoms with Crippen LogP contribution < -0.4 is 9.62 Å². The molecule has 0 heterocycles. The van der Waals surface area contributed by atoms with Gasteiger partial charge in [0.05, 0.1) is 11.9 Å². The van der Waals surface area contributed by atoms with Crippen molar-refractivity contribution >= 4 is 59.4 Å². The van der Waals surface area contributed by atoms with Crippen molar-refractivity contribution in [1.29, 1.82) is 0 Å². The molecule has 0 spiro atoms. The number of carbonyl (C=O) groups excluding carboxylic acids is 2. The monoisotopic (exact) mass is 677 g/mol. The molecule has 208 valence electrons. The summed E-state index contributed by atoms with van der Waals surface area (Å²) in [4.78, 5) is 29.2. The summed E-state index contributed by atoms with van der Waals surface area (Å²) < 4.78 is 28.3. The van der Waals surface area contributed by atoms with Crippen molar-refractivity contribution in [2.24, 2.45) is 0 Å². The zero-order chi connectivity index (χ0) is 28.6. The smallest absolute Gasteiger partial charge is 0.244 e. The maximum Gasteiger partial charge on any atom is 0.244 e. The Morgan fingerprint density at radius 3 is 2.13 bits per heavy atom. The van der Waals surface area contributed by atoms with E-state index < -0.39 is 28.5 Å². The molecule has 0 unspecified atom stereocenters. The summed E-state index contributed by atoms with van der Waals surface area (Å²) >= 11 is 6.84. The minimum Gasteiger partial charge on any atom is -0.352 e. The average Bonchev–Trinajstić information content (AvgIpc) is 2.89. The number of hydrogen-bond acceptors (Lipinski definition) is 4. The van der Waals surface area contributed by atoms with E-state index in [0.29, 0.717) is 5.69 Å². The van der Waals surface area contributed by atoms with Gasteiger partial charge in [-0.2, -0.15) is 0 Å². The van der Waals surface area contributed by atoms with Gasteiger partial charge in [-0.3, -0.25) is 13.9 Å². The summed E-state index contributed by atoms with van der Waals surface area (Å²) in [5.74, 6) is -0.769. The fourth-order valence-electron chi connectivity index (χ4n) is 4.05. The van der Waals surface area contributed by atoms with Crippen molar-refractivity contribution in [2.75, 3.05) is 17.1 Å². The Kier molecular flexibility index (Phi) is 11.1. The number of sulfonamides is 1. The Morgan fingerprint density at radius 2 is 1.54 bits per heavy atom. The maximum absolute atomic E-state index is 14.0. The second kappa shape index (κ2) is 14.1. The molecule has 0 aliphatic heterocycles. The summed E-state index contributed by atoms with van der Waals surface area (Å²) in [7, 11) is -3.80. The zero-order valence-corrected chi connectivity index (χ0v) is 26.2. The van der Waals surface area contributed by atoms with Crippen LogP contribution in [0.25, 0.3) is 0 Å². The van der Waals surface area contributed by atoms with E-state index in [1.807, 2.05) is 68.4 Å². The predicted octanol–water partition coefficient (Wildman–Crippen LogP) is 5.53. The van der Waals surface area contributed by atoms with Crippen molar-refractivity contribution in [3.63, 3.8) is 0 Å². The first-order chi connectivity index (χ1) is 18.5. The number of halogens is 2. The quantitative estimate of drug-likeness (QED) is 0.273. The minimum absolute atomic E-state index is 0.0890. The van der Waals surface area contributed by atoms with E-state index in [1.54, 1.807) is 24.3 Å². The van der Waals surface area contributed by atoms with Gasteiger partial charge < -0.3 is 10.2 Å². The summed E-state index contributed by atoms with van der Waals surface area (Å²) in [6.07, 6.45) is 2.08. The van der Waals surface area contributed by atoms with Crippen molar-refractivity contribution in [2.45, 2.75) is 45.3 Å². The van der Waals surface area contributed by atoms with Crippen LogP contribution in [0, 0.1) is 0 Å². The third kappa shape index (κ3) is 9.19. The highest BCUT2D eigenvalue weighted by Gasteiger charge is 2.33. The van der Waals surface area contributed by atoms with Gasteiger partial charge in [0.1, 0.15) is 12.6 Å². The van der Waals surface area contributed by atoms with Gasteiger partial charge in [0.2, 0.25) is 21.8 Å². The molecule has 0 bridgehead atoms. The maximum atomic E-state index is 14.0. The normalized spacial score (nSPS) is 12.8. The topological polar surface area (TPSA) is 86.8 Å². The Labute approximate surface area is 247 Å². The lowest BCUT2D eigenvalue weighted by Gasteiger charge is -2.34. The first-order valence-corrected chi connectivity index (χ1v) is 16.0. The van der Waals surface area contributed by atoms with Crippen molar-refractivity contribution in [3.8, 4) is 0 Å². The van der Waals surface area contributed by atoms with Crippen LogP contribution >= 0.6 is 31.9 Å². The van der Waals surface area contributed by atoms with E-state index in [9.17, 15) is 18.0 Å². The van der Waals surface area contributed by atoms with E-state index in [0.717, 1.165) is 37.1 Å². The molecule has 10 heteroatoms. The number of hydrogen-bond donors (Lipinski definition) is 1. The first kappa shape index (κ1) is 30.8. The van der Waals surface area contributed by atoms with E-state index in [1.165, 1.54) is 4.90 Å². The van der Waals surface area contributed by atoms with Crippen LogP contribution in [-0.2, 0) is 32.6 Å². The van der Waals surface area contributed by atoms with E-state index in [2.05, 4.69) is 37.2 Å². The lowest BCUT2D eigenvalue weighted by molar-refractivity contribution is -0.140. The number of nitrogens with one attached hydrogen (secondary N) is 1. The lowest BCUT2D eigenvalue weighted by atomic mass is 10.0. The highest BCUT2D eigenvalue weighted by Crippen LogP contribution is 2.23. The fourth-order valence-corrected chi connectivity index (χ4v) is 5.61. The van der Waals surface area contributed by atoms with Crippen LogP contribution in [-0.4, -0.2) is 50.0 Å².